The number of nitrogens with two attached hydrogens (primary N) is 1. The average molecular weight is 252 g/mol. The van der Waals surface area contributed by atoms with E-state index in [9.17, 15) is 4.79 Å². The molecular weight excluding hydrogens is 224 g/mol. The monoisotopic (exact) mass is 252 g/mol. The van der Waals surface area contributed by atoms with E-state index in [4.69, 9.17) is 5.73 Å². The Kier molecular flexibility index (Phi) is 4.31. The van der Waals surface area contributed by atoms with Crippen molar-refractivity contribution in [2.45, 2.75) is 76.8 Å². The van der Waals surface area contributed by atoms with Crippen molar-refractivity contribution < 1.29 is 4.79 Å². The Morgan fingerprint density at radius 1 is 1.11 bits per heavy atom. The molecule has 2 saturated carbocycles. The zero-order valence-electron chi connectivity index (χ0n) is 11.9. The molecule has 3 N–H and O–H groups in total. The smallest absolute Gasteiger partial charge is 0.240 e. The molecule has 2 fully saturated rings. The number of hydrogen-bond acceptors (Lipinski definition) is 2. The molecule has 0 aliphatic heterocycles. The van der Waals surface area contributed by atoms with E-state index in [0.717, 1.165) is 44.4 Å². The first kappa shape index (κ1) is 13.9. The van der Waals surface area contributed by atoms with Crippen LogP contribution in [0.1, 0.15) is 65.2 Å². The van der Waals surface area contributed by atoms with Gasteiger partial charge >= 0.3 is 0 Å². The molecule has 0 heterocycles. The van der Waals surface area contributed by atoms with E-state index >= 15 is 0 Å². The highest BCUT2D eigenvalue weighted by atomic mass is 16.2. The first-order chi connectivity index (χ1) is 8.51. The van der Waals surface area contributed by atoms with Crippen LogP contribution < -0.4 is 11.1 Å². The van der Waals surface area contributed by atoms with Crippen molar-refractivity contribution in [3.8, 4) is 0 Å². The lowest BCUT2D eigenvalue weighted by Crippen LogP contribution is -2.57. The van der Waals surface area contributed by atoms with Gasteiger partial charge in [-0.2, -0.15) is 0 Å². The van der Waals surface area contributed by atoms with Crippen molar-refractivity contribution >= 4 is 5.91 Å². The van der Waals surface area contributed by atoms with Gasteiger partial charge in [0.2, 0.25) is 5.91 Å². The number of carbonyl (C=O) groups excluding carboxylic acids is 1. The molecule has 2 aliphatic carbocycles. The molecule has 18 heavy (non-hydrogen) atoms. The molecule has 104 valence electrons. The van der Waals surface area contributed by atoms with Gasteiger partial charge in [-0.15, -0.1) is 0 Å². The Bertz CT molecular complexity index is 297. The summed E-state index contributed by atoms with van der Waals surface area (Å²) < 4.78 is 0. The molecule has 2 aliphatic rings. The Morgan fingerprint density at radius 3 is 2.39 bits per heavy atom. The lowest BCUT2D eigenvalue weighted by atomic mass is 9.78. The maximum atomic E-state index is 12.3. The number of nitrogens with one attached hydrogen (secondary N) is 1. The molecule has 0 saturated heterocycles. The summed E-state index contributed by atoms with van der Waals surface area (Å²) in [5.41, 5.74) is 5.69. The lowest BCUT2D eigenvalue weighted by Gasteiger charge is -2.37. The van der Waals surface area contributed by atoms with Gasteiger partial charge in [0.05, 0.1) is 5.54 Å². The summed E-state index contributed by atoms with van der Waals surface area (Å²) in [7, 11) is 0. The SMILES string of the molecule is CC1CCC(NC(=O)C2(N)CCCCC2)CC1C. The van der Waals surface area contributed by atoms with Crippen LogP contribution in [0, 0.1) is 11.8 Å². The number of hydrogen-bond donors (Lipinski definition) is 2. The van der Waals surface area contributed by atoms with E-state index in [1.165, 1.54) is 12.8 Å². The molecular formula is C15H28N2O. The zero-order valence-corrected chi connectivity index (χ0v) is 11.9. The Morgan fingerprint density at radius 2 is 1.78 bits per heavy atom. The molecule has 0 aromatic rings. The highest BCUT2D eigenvalue weighted by Crippen LogP contribution is 2.31. The van der Waals surface area contributed by atoms with E-state index in [1.54, 1.807) is 0 Å². The minimum absolute atomic E-state index is 0.106. The van der Waals surface area contributed by atoms with Crippen LogP contribution in [0.5, 0.6) is 0 Å². The summed E-state index contributed by atoms with van der Waals surface area (Å²) in [6.07, 6.45) is 8.60. The molecule has 3 nitrogen and oxygen atoms in total. The molecule has 0 aromatic carbocycles. The van der Waals surface area contributed by atoms with Gasteiger partial charge in [0.25, 0.3) is 0 Å². The maximum absolute atomic E-state index is 12.3. The fraction of sp³-hybridized carbons (Fsp3) is 0.933. The lowest BCUT2D eigenvalue weighted by molar-refractivity contribution is -0.128. The van der Waals surface area contributed by atoms with Crippen molar-refractivity contribution in [3.05, 3.63) is 0 Å². The topological polar surface area (TPSA) is 55.1 Å². The second kappa shape index (κ2) is 5.60. The Balaban J connectivity index is 1.87. The van der Waals surface area contributed by atoms with Gasteiger partial charge in [0.1, 0.15) is 0 Å². The van der Waals surface area contributed by atoms with Crippen molar-refractivity contribution in [2.75, 3.05) is 0 Å². The second-order valence-corrected chi connectivity index (χ2v) is 6.65. The largest absolute Gasteiger partial charge is 0.352 e. The van der Waals surface area contributed by atoms with E-state index in [1.807, 2.05) is 0 Å². The maximum Gasteiger partial charge on any atom is 0.240 e. The fourth-order valence-electron chi connectivity index (χ4n) is 3.42. The van der Waals surface area contributed by atoms with Gasteiger partial charge in [0, 0.05) is 6.04 Å². The van der Waals surface area contributed by atoms with Crippen LogP contribution >= 0.6 is 0 Å². The molecule has 0 aromatic heterocycles. The molecule has 0 bridgehead atoms. The van der Waals surface area contributed by atoms with Crippen molar-refractivity contribution in [2.24, 2.45) is 17.6 Å². The minimum atomic E-state index is -0.579. The first-order valence-corrected chi connectivity index (χ1v) is 7.61. The summed E-state index contributed by atoms with van der Waals surface area (Å²) in [6.45, 7) is 4.61. The quantitative estimate of drug-likeness (QED) is 0.793. The number of amides is 1. The fourth-order valence-corrected chi connectivity index (χ4v) is 3.42. The predicted octanol–water partition coefficient (Wildman–Crippen LogP) is 2.59. The van der Waals surface area contributed by atoms with Crippen LogP contribution in [-0.4, -0.2) is 17.5 Å². The van der Waals surface area contributed by atoms with Crippen molar-refractivity contribution in [1.29, 1.82) is 0 Å². The first-order valence-electron chi connectivity index (χ1n) is 7.61. The predicted molar refractivity (Wildman–Crippen MR) is 74.1 cm³/mol. The highest BCUT2D eigenvalue weighted by molar-refractivity contribution is 5.86. The van der Waals surface area contributed by atoms with Gasteiger partial charge in [-0.1, -0.05) is 33.1 Å². The number of carbonyl (C=O) groups is 1. The van der Waals surface area contributed by atoms with Crippen LogP contribution in [0.25, 0.3) is 0 Å². The van der Waals surface area contributed by atoms with Gasteiger partial charge in [-0.3, -0.25) is 4.79 Å². The van der Waals surface area contributed by atoms with Gasteiger partial charge in [-0.05, 0) is 43.9 Å². The normalized spacial score (nSPS) is 36.1. The van der Waals surface area contributed by atoms with Crippen LogP contribution in [0.15, 0.2) is 0 Å². The van der Waals surface area contributed by atoms with Crippen molar-refractivity contribution in [3.63, 3.8) is 0 Å². The minimum Gasteiger partial charge on any atom is -0.352 e. The molecule has 1 amide bonds. The average Bonchev–Trinajstić information content (AvgIpc) is 2.35. The van der Waals surface area contributed by atoms with Crippen molar-refractivity contribution in [1.82, 2.24) is 5.32 Å². The van der Waals surface area contributed by atoms with Crippen LogP contribution in [0.4, 0.5) is 0 Å². The van der Waals surface area contributed by atoms with Crippen LogP contribution in [-0.2, 0) is 4.79 Å². The summed E-state index contributed by atoms with van der Waals surface area (Å²) in [4.78, 5) is 12.3. The summed E-state index contributed by atoms with van der Waals surface area (Å²) in [5, 5.41) is 3.22. The molecule has 2 rings (SSSR count). The zero-order chi connectivity index (χ0) is 13.2. The molecule has 3 unspecified atom stereocenters. The summed E-state index contributed by atoms with van der Waals surface area (Å²) >= 11 is 0. The van der Waals surface area contributed by atoms with Gasteiger partial charge < -0.3 is 11.1 Å². The van der Waals surface area contributed by atoms with E-state index in [0.29, 0.717) is 12.0 Å². The Labute approximate surface area is 111 Å². The van der Waals surface area contributed by atoms with E-state index < -0.39 is 5.54 Å². The van der Waals surface area contributed by atoms with E-state index in [2.05, 4.69) is 19.2 Å². The summed E-state index contributed by atoms with van der Waals surface area (Å²) in [6, 6.07) is 0.353. The molecule has 3 heteroatoms. The third-order valence-corrected chi connectivity index (χ3v) is 5.13. The Hall–Kier alpha value is -0.570. The van der Waals surface area contributed by atoms with Crippen LogP contribution in [0.3, 0.4) is 0 Å². The summed E-state index contributed by atoms with van der Waals surface area (Å²) in [5.74, 6) is 1.61. The van der Waals surface area contributed by atoms with Gasteiger partial charge in [0.15, 0.2) is 0 Å². The molecule has 0 radical (unpaired) electrons. The van der Waals surface area contributed by atoms with Gasteiger partial charge in [-0.25, -0.2) is 0 Å². The molecule has 0 spiro atoms. The third-order valence-electron chi connectivity index (χ3n) is 5.13. The standard InChI is InChI=1S/C15H28N2O/c1-11-6-7-13(10-12(11)2)17-14(18)15(16)8-4-3-5-9-15/h11-13H,3-10,16H2,1-2H3,(H,17,18). The number of rotatable bonds is 2. The van der Waals surface area contributed by atoms with Crippen LogP contribution in [0.2, 0.25) is 0 Å². The second-order valence-electron chi connectivity index (χ2n) is 6.65. The third kappa shape index (κ3) is 3.05. The highest BCUT2D eigenvalue weighted by Gasteiger charge is 2.37. The molecule has 3 atom stereocenters. The van der Waals surface area contributed by atoms with E-state index in [-0.39, 0.29) is 5.91 Å².